The summed E-state index contributed by atoms with van der Waals surface area (Å²) < 4.78 is 2.21. The lowest BCUT2D eigenvalue weighted by atomic mass is 10.1. The van der Waals surface area contributed by atoms with Crippen molar-refractivity contribution in [3.05, 3.63) is 83.7 Å². The van der Waals surface area contributed by atoms with Gasteiger partial charge in [0.25, 0.3) is 0 Å². The molecule has 26 heavy (non-hydrogen) atoms. The lowest BCUT2D eigenvalue weighted by molar-refractivity contribution is 0.181. The highest BCUT2D eigenvalue weighted by Gasteiger charge is 2.30. The van der Waals surface area contributed by atoms with Crippen molar-refractivity contribution in [2.75, 3.05) is 5.32 Å². The number of urea groups is 1. The summed E-state index contributed by atoms with van der Waals surface area (Å²) in [7, 11) is 0. The largest absolute Gasteiger partial charge is 0.322 e. The molecule has 4 rings (SSSR count). The Balaban J connectivity index is 1.74. The second-order valence-electron chi connectivity index (χ2n) is 6.73. The van der Waals surface area contributed by atoms with E-state index < -0.39 is 0 Å². The molecule has 0 aliphatic carbocycles. The molecule has 1 atom stereocenters. The van der Waals surface area contributed by atoms with Crippen molar-refractivity contribution in [2.24, 2.45) is 0 Å². The third kappa shape index (κ3) is 2.77. The Hall–Kier alpha value is -3.01. The molecule has 0 fully saturated rings. The molecule has 0 saturated carbocycles. The Labute approximate surface area is 154 Å². The third-order valence-corrected chi connectivity index (χ3v) is 5.12. The SMILES string of the molecule is CCC1c2cccn2-c2ccccc2CN1C(=O)Nc1ccccc1C. The summed E-state index contributed by atoms with van der Waals surface area (Å²) in [6, 6.07) is 20.3. The van der Waals surface area contributed by atoms with Crippen molar-refractivity contribution < 1.29 is 4.79 Å². The maximum atomic E-state index is 13.2. The molecule has 2 heterocycles. The number of para-hydroxylation sites is 2. The van der Waals surface area contributed by atoms with Gasteiger partial charge < -0.3 is 14.8 Å². The average Bonchev–Trinajstić information content (AvgIpc) is 3.08. The number of benzene rings is 2. The number of hydrogen-bond acceptors (Lipinski definition) is 1. The number of nitrogens with one attached hydrogen (secondary N) is 1. The molecule has 3 aromatic rings. The number of nitrogens with zero attached hydrogens (tertiary/aromatic N) is 2. The van der Waals surface area contributed by atoms with Gasteiger partial charge in [0, 0.05) is 17.6 Å². The molecule has 1 aromatic heterocycles. The van der Waals surface area contributed by atoms with Gasteiger partial charge in [-0.05, 0) is 48.7 Å². The number of anilines is 1. The highest BCUT2D eigenvalue weighted by Crippen LogP contribution is 2.34. The van der Waals surface area contributed by atoms with Crippen molar-refractivity contribution in [1.29, 1.82) is 0 Å². The van der Waals surface area contributed by atoms with Gasteiger partial charge >= 0.3 is 6.03 Å². The van der Waals surface area contributed by atoms with Crippen LogP contribution in [-0.2, 0) is 6.54 Å². The molecule has 2 amide bonds. The zero-order valence-corrected chi connectivity index (χ0v) is 15.1. The number of aryl methyl sites for hydroxylation is 1. The molecule has 0 bridgehead atoms. The molecule has 0 saturated heterocycles. The predicted octanol–water partition coefficient (Wildman–Crippen LogP) is 5.28. The van der Waals surface area contributed by atoms with Crippen molar-refractivity contribution in [3.63, 3.8) is 0 Å². The summed E-state index contributed by atoms with van der Waals surface area (Å²) in [6.07, 6.45) is 2.94. The van der Waals surface area contributed by atoms with Crippen LogP contribution in [0.1, 0.15) is 36.2 Å². The summed E-state index contributed by atoms with van der Waals surface area (Å²) in [6.45, 7) is 4.73. The first-order valence-electron chi connectivity index (χ1n) is 9.08. The van der Waals surface area contributed by atoms with E-state index in [9.17, 15) is 4.79 Å². The van der Waals surface area contributed by atoms with Gasteiger partial charge in [0.1, 0.15) is 0 Å². The Kier molecular flexibility index (Phi) is 4.25. The number of carbonyl (C=O) groups excluding carboxylic acids is 1. The molecule has 0 spiro atoms. The maximum Gasteiger partial charge on any atom is 0.322 e. The standard InChI is InChI=1S/C22H23N3O/c1-3-19-21-13-8-14-24(21)20-12-7-5-10-17(20)15-25(19)22(26)23-18-11-6-4-9-16(18)2/h4-14,19H,3,15H2,1-2H3,(H,23,26). The summed E-state index contributed by atoms with van der Waals surface area (Å²) in [5.41, 5.74) is 5.38. The minimum atomic E-state index is -0.0596. The number of amides is 2. The van der Waals surface area contributed by atoms with Crippen LogP contribution in [-0.4, -0.2) is 15.5 Å². The Morgan fingerprint density at radius 3 is 2.65 bits per heavy atom. The first-order chi connectivity index (χ1) is 12.7. The number of hydrogen-bond donors (Lipinski definition) is 1. The molecule has 132 valence electrons. The average molecular weight is 345 g/mol. The van der Waals surface area contributed by atoms with Crippen LogP contribution in [0.4, 0.5) is 10.5 Å². The topological polar surface area (TPSA) is 37.3 Å². The van der Waals surface area contributed by atoms with E-state index in [-0.39, 0.29) is 12.1 Å². The lowest BCUT2D eigenvalue weighted by Crippen LogP contribution is -2.37. The maximum absolute atomic E-state index is 13.2. The smallest absolute Gasteiger partial charge is 0.318 e. The van der Waals surface area contributed by atoms with Crippen LogP contribution in [0.5, 0.6) is 0 Å². The van der Waals surface area contributed by atoms with E-state index in [1.165, 1.54) is 0 Å². The van der Waals surface area contributed by atoms with Crippen LogP contribution in [0.25, 0.3) is 5.69 Å². The molecule has 1 unspecified atom stereocenters. The van der Waals surface area contributed by atoms with Crippen LogP contribution in [0.3, 0.4) is 0 Å². The van der Waals surface area contributed by atoms with Crippen LogP contribution in [0.2, 0.25) is 0 Å². The van der Waals surface area contributed by atoms with E-state index in [2.05, 4.69) is 47.3 Å². The Bertz CT molecular complexity index is 944. The van der Waals surface area contributed by atoms with Gasteiger partial charge in [-0.25, -0.2) is 4.79 Å². The zero-order valence-electron chi connectivity index (χ0n) is 15.1. The van der Waals surface area contributed by atoms with E-state index >= 15 is 0 Å². The lowest BCUT2D eigenvalue weighted by Gasteiger charge is -2.30. The van der Waals surface area contributed by atoms with E-state index in [0.29, 0.717) is 6.54 Å². The van der Waals surface area contributed by atoms with Crippen LogP contribution >= 0.6 is 0 Å². The fourth-order valence-corrected chi connectivity index (χ4v) is 3.76. The molecule has 2 aromatic carbocycles. The van der Waals surface area contributed by atoms with E-state index in [0.717, 1.165) is 34.6 Å². The zero-order chi connectivity index (χ0) is 18.1. The van der Waals surface area contributed by atoms with Crippen molar-refractivity contribution in [3.8, 4) is 5.69 Å². The number of carbonyl (C=O) groups is 1. The minimum Gasteiger partial charge on any atom is -0.318 e. The van der Waals surface area contributed by atoms with E-state index in [1.807, 2.05) is 48.2 Å². The van der Waals surface area contributed by atoms with Gasteiger partial charge in [0.15, 0.2) is 0 Å². The highest BCUT2D eigenvalue weighted by atomic mass is 16.2. The molecule has 0 radical (unpaired) electrons. The fourth-order valence-electron chi connectivity index (χ4n) is 3.76. The van der Waals surface area contributed by atoms with Gasteiger partial charge in [0.2, 0.25) is 0 Å². The normalized spacial score (nSPS) is 15.8. The first-order valence-corrected chi connectivity index (χ1v) is 9.08. The van der Waals surface area contributed by atoms with Crippen molar-refractivity contribution in [2.45, 2.75) is 32.9 Å². The number of fused-ring (bicyclic) bond motifs is 3. The molecule has 4 nitrogen and oxygen atoms in total. The molecular formula is C22H23N3O. The van der Waals surface area contributed by atoms with Gasteiger partial charge in [0.05, 0.1) is 18.3 Å². The van der Waals surface area contributed by atoms with Gasteiger partial charge in [-0.3, -0.25) is 0 Å². The molecule has 4 heteroatoms. The second kappa shape index (κ2) is 6.71. The monoisotopic (exact) mass is 345 g/mol. The third-order valence-electron chi connectivity index (χ3n) is 5.12. The van der Waals surface area contributed by atoms with Crippen LogP contribution in [0.15, 0.2) is 66.9 Å². The van der Waals surface area contributed by atoms with Crippen LogP contribution in [0, 0.1) is 6.92 Å². The molecule has 1 aliphatic rings. The fraction of sp³-hybridized carbons (Fsp3) is 0.227. The second-order valence-corrected chi connectivity index (χ2v) is 6.73. The van der Waals surface area contributed by atoms with Gasteiger partial charge in [-0.15, -0.1) is 0 Å². The highest BCUT2D eigenvalue weighted by molar-refractivity contribution is 5.90. The minimum absolute atomic E-state index is 0.0291. The summed E-state index contributed by atoms with van der Waals surface area (Å²) >= 11 is 0. The first kappa shape index (κ1) is 16.5. The molecule has 1 aliphatic heterocycles. The molecular weight excluding hydrogens is 322 g/mol. The van der Waals surface area contributed by atoms with Crippen molar-refractivity contribution in [1.82, 2.24) is 9.47 Å². The van der Waals surface area contributed by atoms with Crippen LogP contribution < -0.4 is 5.32 Å². The number of aromatic nitrogens is 1. The Morgan fingerprint density at radius 1 is 1.08 bits per heavy atom. The summed E-state index contributed by atoms with van der Waals surface area (Å²) in [5.74, 6) is 0. The summed E-state index contributed by atoms with van der Waals surface area (Å²) in [5, 5.41) is 3.10. The van der Waals surface area contributed by atoms with Gasteiger partial charge in [-0.2, -0.15) is 0 Å². The molecule has 1 N–H and O–H groups in total. The quantitative estimate of drug-likeness (QED) is 0.674. The van der Waals surface area contributed by atoms with E-state index in [4.69, 9.17) is 0 Å². The Morgan fingerprint density at radius 2 is 1.85 bits per heavy atom. The predicted molar refractivity (Wildman–Crippen MR) is 105 cm³/mol. The number of rotatable bonds is 2. The van der Waals surface area contributed by atoms with E-state index in [1.54, 1.807) is 0 Å². The van der Waals surface area contributed by atoms with Crippen molar-refractivity contribution >= 4 is 11.7 Å². The van der Waals surface area contributed by atoms with Gasteiger partial charge in [-0.1, -0.05) is 43.3 Å². The summed E-state index contributed by atoms with van der Waals surface area (Å²) in [4.78, 5) is 15.1.